The molecule has 0 aliphatic heterocycles. The van der Waals surface area contributed by atoms with Gasteiger partial charge in [-0.1, -0.05) is 6.07 Å². The van der Waals surface area contributed by atoms with Gasteiger partial charge in [0.05, 0.1) is 29.6 Å². The molecule has 0 aliphatic carbocycles. The Bertz CT molecular complexity index is 974. The topological polar surface area (TPSA) is 96.3 Å². The number of benzene rings is 1. The minimum absolute atomic E-state index is 0.0773. The van der Waals surface area contributed by atoms with Gasteiger partial charge in [0.1, 0.15) is 5.76 Å². The molecule has 134 valence electrons. The largest absolute Gasteiger partial charge is 0.468 e. The second kappa shape index (κ2) is 8.09. The van der Waals surface area contributed by atoms with Crippen LogP contribution in [-0.4, -0.2) is 18.5 Å². The van der Waals surface area contributed by atoms with Crippen LogP contribution in [0.2, 0.25) is 0 Å². The Morgan fingerprint density at radius 3 is 2.62 bits per heavy atom. The van der Waals surface area contributed by atoms with Gasteiger partial charge in [-0.3, -0.25) is 4.98 Å². The third kappa shape index (κ3) is 4.88. The van der Waals surface area contributed by atoms with Crippen LogP contribution in [0.25, 0.3) is 0 Å². The number of pyridine rings is 1. The molecule has 0 unspecified atom stereocenters. The summed E-state index contributed by atoms with van der Waals surface area (Å²) in [4.78, 5) is 4.11. The molecule has 0 bridgehead atoms. The summed E-state index contributed by atoms with van der Waals surface area (Å²) in [6.07, 6.45) is 4.78. The Kier molecular flexibility index (Phi) is 5.61. The number of hydrogen-bond donors (Lipinski definition) is 3. The van der Waals surface area contributed by atoms with Crippen LogP contribution in [0.5, 0.6) is 0 Å². The number of thiocarbonyl (C=S) groups is 1. The minimum atomic E-state index is -3.68. The van der Waals surface area contributed by atoms with Crippen molar-refractivity contribution in [2.24, 2.45) is 0 Å². The SMILES string of the molecule is O=S(=O)(NCc1ccco1)c1cccc(NC(=S)Nc2cccnc2)c1. The van der Waals surface area contributed by atoms with Crippen molar-refractivity contribution in [2.45, 2.75) is 11.4 Å². The second-order valence-corrected chi connectivity index (χ2v) is 7.43. The van der Waals surface area contributed by atoms with E-state index < -0.39 is 10.0 Å². The molecule has 0 atom stereocenters. The van der Waals surface area contributed by atoms with Gasteiger partial charge in [-0.2, -0.15) is 0 Å². The molecule has 0 spiro atoms. The molecule has 3 aromatic rings. The molecule has 3 N–H and O–H groups in total. The molecule has 2 heterocycles. The molecule has 0 aliphatic rings. The van der Waals surface area contributed by atoms with Crippen LogP contribution in [0.1, 0.15) is 5.76 Å². The van der Waals surface area contributed by atoms with Gasteiger partial charge >= 0.3 is 0 Å². The molecule has 9 heteroatoms. The monoisotopic (exact) mass is 388 g/mol. The maximum Gasteiger partial charge on any atom is 0.241 e. The van der Waals surface area contributed by atoms with Gasteiger partial charge in [-0.15, -0.1) is 0 Å². The van der Waals surface area contributed by atoms with Crippen molar-refractivity contribution in [3.63, 3.8) is 0 Å². The molecule has 2 aromatic heterocycles. The third-order valence-corrected chi connectivity index (χ3v) is 4.94. The van der Waals surface area contributed by atoms with Crippen molar-refractivity contribution in [1.29, 1.82) is 0 Å². The average Bonchev–Trinajstić information content (AvgIpc) is 3.15. The quantitative estimate of drug-likeness (QED) is 0.559. The van der Waals surface area contributed by atoms with Crippen molar-refractivity contribution in [1.82, 2.24) is 9.71 Å². The van der Waals surface area contributed by atoms with Crippen LogP contribution in [0, 0.1) is 0 Å². The molecular formula is C17H16N4O3S2. The third-order valence-electron chi connectivity index (χ3n) is 3.34. The first-order valence-corrected chi connectivity index (χ1v) is 9.52. The summed E-state index contributed by atoms with van der Waals surface area (Å²) < 4.78 is 32.5. The maximum atomic E-state index is 12.4. The van der Waals surface area contributed by atoms with E-state index in [9.17, 15) is 8.42 Å². The van der Waals surface area contributed by atoms with Crippen LogP contribution in [0.3, 0.4) is 0 Å². The van der Waals surface area contributed by atoms with Gasteiger partial charge in [-0.05, 0) is 54.7 Å². The summed E-state index contributed by atoms with van der Waals surface area (Å²) in [7, 11) is -3.68. The number of anilines is 2. The van der Waals surface area contributed by atoms with Crippen molar-refractivity contribution >= 4 is 38.7 Å². The van der Waals surface area contributed by atoms with Crippen molar-refractivity contribution in [2.75, 3.05) is 10.6 Å². The fourth-order valence-electron chi connectivity index (χ4n) is 2.13. The van der Waals surface area contributed by atoms with Crippen molar-refractivity contribution < 1.29 is 12.8 Å². The lowest BCUT2D eigenvalue weighted by atomic mass is 10.3. The number of hydrogen-bond acceptors (Lipinski definition) is 5. The first-order chi connectivity index (χ1) is 12.5. The van der Waals surface area contributed by atoms with Crippen LogP contribution < -0.4 is 15.4 Å². The fraction of sp³-hybridized carbons (Fsp3) is 0.0588. The van der Waals surface area contributed by atoms with E-state index in [0.29, 0.717) is 16.6 Å². The zero-order chi connectivity index (χ0) is 18.4. The van der Waals surface area contributed by atoms with E-state index in [4.69, 9.17) is 16.6 Å². The lowest BCUT2D eigenvalue weighted by Crippen LogP contribution is -2.23. The Balaban J connectivity index is 1.66. The Labute approximate surface area is 156 Å². The van der Waals surface area contributed by atoms with Crippen LogP contribution in [0.15, 0.2) is 76.5 Å². The Morgan fingerprint density at radius 1 is 1.08 bits per heavy atom. The van der Waals surface area contributed by atoms with Gasteiger partial charge in [-0.25, -0.2) is 13.1 Å². The molecule has 3 rings (SSSR count). The zero-order valence-electron chi connectivity index (χ0n) is 13.5. The van der Waals surface area contributed by atoms with Crippen LogP contribution in [0.4, 0.5) is 11.4 Å². The molecule has 26 heavy (non-hydrogen) atoms. The van der Waals surface area contributed by atoms with Gasteiger partial charge in [0.25, 0.3) is 0 Å². The molecule has 0 amide bonds. The highest BCUT2D eigenvalue weighted by Gasteiger charge is 2.15. The van der Waals surface area contributed by atoms with Gasteiger partial charge in [0.2, 0.25) is 10.0 Å². The highest BCUT2D eigenvalue weighted by atomic mass is 32.2. The number of sulfonamides is 1. The van der Waals surface area contributed by atoms with Crippen molar-refractivity contribution in [3.8, 4) is 0 Å². The summed E-state index contributed by atoms with van der Waals surface area (Å²) in [5.41, 5.74) is 1.28. The first-order valence-electron chi connectivity index (χ1n) is 7.63. The van der Waals surface area contributed by atoms with Crippen LogP contribution in [-0.2, 0) is 16.6 Å². The van der Waals surface area contributed by atoms with Crippen molar-refractivity contribution in [3.05, 3.63) is 72.9 Å². The summed E-state index contributed by atoms with van der Waals surface area (Å²) >= 11 is 5.23. The smallest absolute Gasteiger partial charge is 0.241 e. The highest BCUT2D eigenvalue weighted by Crippen LogP contribution is 2.16. The molecule has 0 radical (unpaired) electrons. The number of nitrogens with one attached hydrogen (secondary N) is 3. The minimum Gasteiger partial charge on any atom is -0.468 e. The standard InChI is InChI=1S/C17H16N4O3S2/c22-26(23,19-12-15-6-3-9-24-15)16-7-1-4-13(10-16)20-17(25)21-14-5-2-8-18-11-14/h1-11,19H,12H2,(H2,20,21,25). The predicted octanol–water partition coefficient (Wildman–Crippen LogP) is 2.96. The number of aromatic nitrogens is 1. The number of nitrogens with zero attached hydrogens (tertiary/aromatic N) is 1. The van der Waals surface area contributed by atoms with E-state index in [1.807, 2.05) is 6.07 Å². The van der Waals surface area contributed by atoms with Crippen LogP contribution >= 0.6 is 12.2 Å². The van der Waals surface area contributed by atoms with E-state index in [-0.39, 0.29) is 11.4 Å². The van der Waals surface area contributed by atoms with E-state index in [2.05, 4.69) is 20.3 Å². The van der Waals surface area contributed by atoms with E-state index in [1.165, 1.54) is 18.4 Å². The summed E-state index contributed by atoms with van der Waals surface area (Å²) in [6.45, 7) is 0.0773. The van der Waals surface area contributed by atoms with Gasteiger partial charge in [0, 0.05) is 11.9 Å². The summed E-state index contributed by atoms with van der Waals surface area (Å²) in [5.74, 6) is 0.532. The molecule has 0 fully saturated rings. The predicted molar refractivity (Wildman–Crippen MR) is 103 cm³/mol. The zero-order valence-corrected chi connectivity index (χ0v) is 15.2. The van der Waals surface area contributed by atoms with Gasteiger partial charge < -0.3 is 15.1 Å². The average molecular weight is 388 g/mol. The fourth-order valence-corrected chi connectivity index (χ4v) is 3.41. The summed E-state index contributed by atoms with van der Waals surface area (Å²) in [6, 6.07) is 13.4. The molecule has 0 saturated heterocycles. The molecule has 0 saturated carbocycles. The molecule has 7 nitrogen and oxygen atoms in total. The highest BCUT2D eigenvalue weighted by molar-refractivity contribution is 7.89. The molecular weight excluding hydrogens is 372 g/mol. The second-order valence-electron chi connectivity index (χ2n) is 5.25. The van der Waals surface area contributed by atoms with E-state index in [0.717, 1.165) is 5.69 Å². The molecule has 1 aromatic carbocycles. The Morgan fingerprint density at radius 2 is 1.88 bits per heavy atom. The first kappa shape index (κ1) is 18.1. The van der Waals surface area contributed by atoms with Gasteiger partial charge in [0.15, 0.2) is 5.11 Å². The number of furan rings is 1. The normalized spacial score (nSPS) is 11.1. The number of rotatable bonds is 6. The lowest BCUT2D eigenvalue weighted by Gasteiger charge is -2.12. The van der Waals surface area contributed by atoms with E-state index >= 15 is 0 Å². The Hall–Kier alpha value is -2.75. The maximum absolute atomic E-state index is 12.4. The lowest BCUT2D eigenvalue weighted by molar-refractivity contribution is 0.498. The summed E-state index contributed by atoms with van der Waals surface area (Å²) in [5, 5.41) is 6.26. The van der Waals surface area contributed by atoms with E-state index in [1.54, 1.807) is 42.7 Å².